The number of nitrogens with one attached hydrogen (secondary N) is 1. The van der Waals surface area contributed by atoms with E-state index in [0.29, 0.717) is 30.7 Å². The van der Waals surface area contributed by atoms with Gasteiger partial charge in [0.1, 0.15) is 18.5 Å². The van der Waals surface area contributed by atoms with Crippen LogP contribution in [0.2, 0.25) is 0 Å². The van der Waals surface area contributed by atoms with Crippen LogP contribution in [0, 0.1) is 0 Å². The number of carbonyl (C=O) groups is 1. The van der Waals surface area contributed by atoms with E-state index in [9.17, 15) is 9.90 Å². The third-order valence-corrected chi connectivity index (χ3v) is 3.97. The van der Waals surface area contributed by atoms with E-state index in [-0.39, 0.29) is 17.9 Å². The van der Waals surface area contributed by atoms with Crippen molar-refractivity contribution >= 4 is 5.78 Å². The first-order valence-corrected chi connectivity index (χ1v) is 9.07. The zero-order chi connectivity index (χ0) is 19.0. The summed E-state index contributed by atoms with van der Waals surface area (Å²) in [7, 11) is 0. The van der Waals surface area contributed by atoms with E-state index >= 15 is 0 Å². The Kier molecular flexibility index (Phi) is 7.37. The number of aryl methyl sites for hydroxylation is 1. The molecular weight excluding hydrogens is 326 g/mol. The van der Waals surface area contributed by atoms with Gasteiger partial charge in [0.05, 0.1) is 5.56 Å². The second kappa shape index (κ2) is 9.51. The van der Waals surface area contributed by atoms with E-state index in [1.807, 2.05) is 63.2 Å². The number of carbonyl (C=O) groups excluding carboxylic acids is 1. The van der Waals surface area contributed by atoms with Crippen molar-refractivity contribution in [3.05, 3.63) is 65.7 Å². The summed E-state index contributed by atoms with van der Waals surface area (Å²) in [6.07, 6.45) is 0.492. The molecule has 0 aliphatic rings. The Morgan fingerprint density at radius 2 is 1.73 bits per heavy atom. The van der Waals surface area contributed by atoms with Crippen molar-refractivity contribution in [3.8, 4) is 5.75 Å². The highest BCUT2D eigenvalue weighted by molar-refractivity contribution is 5.98. The molecule has 26 heavy (non-hydrogen) atoms. The summed E-state index contributed by atoms with van der Waals surface area (Å²) >= 11 is 0. The van der Waals surface area contributed by atoms with E-state index in [1.54, 1.807) is 12.1 Å². The number of ether oxygens (including phenoxy) is 1. The van der Waals surface area contributed by atoms with Crippen molar-refractivity contribution in [2.24, 2.45) is 0 Å². The number of hydrogen-bond acceptors (Lipinski definition) is 4. The summed E-state index contributed by atoms with van der Waals surface area (Å²) in [6, 6.07) is 17.2. The molecule has 1 atom stereocenters. The number of rotatable bonds is 9. The van der Waals surface area contributed by atoms with Gasteiger partial charge in [-0.15, -0.1) is 0 Å². The molecule has 0 heterocycles. The first-order chi connectivity index (χ1) is 12.3. The third-order valence-electron chi connectivity index (χ3n) is 3.97. The second-order valence-electron chi connectivity index (χ2n) is 7.50. The maximum Gasteiger partial charge on any atom is 0.166 e. The van der Waals surface area contributed by atoms with Crippen LogP contribution in [0.3, 0.4) is 0 Å². The molecule has 0 aliphatic carbocycles. The van der Waals surface area contributed by atoms with E-state index in [0.717, 1.165) is 5.56 Å². The lowest BCUT2D eigenvalue weighted by Crippen LogP contribution is -2.42. The zero-order valence-corrected chi connectivity index (χ0v) is 15.9. The van der Waals surface area contributed by atoms with Crippen LogP contribution in [0.5, 0.6) is 5.75 Å². The molecule has 2 aromatic rings. The van der Waals surface area contributed by atoms with Gasteiger partial charge in [-0.2, -0.15) is 0 Å². The van der Waals surface area contributed by atoms with Crippen LogP contribution in [-0.2, 0) is 6.42 Å². The van der Waals surface area contributed by atoms with Gasteiger partial charge < -0.3 is 15.2 Å². The summed E-state index contributed by atoms with van der Waals surface area (Å²) in [5, 5.41) is 13.3. The van der Waals surface area contributed by atoms with Gasteiger partial charge in [-0.3, -0.25) is 4.79 Å². The Morgan fingerprint density at radius 3 is 2.42 bits per heavy atom. The molecule has 0 radical (unpaired) electrons. The van der Waals surface area contributed by atoms with Crippen molar-refractivity contribution in [2.75, 3.05) is 13.2 Å². The van der Waals surface area contributed by atoms with Gasteiger partial charge >= 0.3 is 0 Å². The summed E-state index contributed by atoms with van der Waals surface area (Å²) in [5.41, 5.74) is 1.65. The van der Waals surface area contributed by atoms with Gasteiger partial charge in [-0.05, 0) is 44.9 Å². The van der Waals surface area contributed by atoms with Gasteiger partial charge in [0.15, 0.2) is 5.78 Å². The minimum absolute atomic E-state index is 0.0479. The largest absolute Gasteiger partial charge is 0.490 e. The first-order valence-electron chi connectivity index (χ1n) is 9.07. The maximum absolute atomic E-state index is 12.6. The lowest BCUT2D eigenvalue weighted by atomic mass is 10.0. The number of benzene rings is 2. The molecule has 0 amide bonds. The molecule has 0 fully saturated rings. The molecular formula is C22H29NO3. The Hall–Kier alpha value is -2.17. The van der Waals surface area contributed by atoms with Crippen LogP contribution in [0.1, 0.15) is 43.1 Å². The van der Waals surface area contributed by atoms with Gasteiger partial charge in [0.2, 0.25) is 0 Å². The number of aliphatic hydroxyl groups excluding tert-OH is 1. The van der Waals surface area contributed by atoms with Crippen molar-refractivity contribution in [3.63, 3.8) is 0 Å². The highest BCUT2D eigenvalue weighted by Gasteiger charge is 2.15. The summed E-state index contributed by atoms with van der Waals surface area (Å²) in [6.45, 7) is 6.71. The molecule has 0 aromatic heterocycles. The molecule has 4 nitrogen and oxygen atoms in total. The van der Waals surface area contributed by atoms with Gasteiger partial charge in [-0.25, -0.2) is 0 Å². The lowest BCUT2D eigenvalue weighted by molar-refractivity contribution is 0.0933. The van der Waals surface area contributed by atoms with Crippen LogP contribution >= 0.6 is 0 Å². The zero-order valence-electron chi connectivity index (χ0n) is 15.9. The molecule has 0 bridgehead atoms. The number of Topliss-reactive ketones (excluding diaryl/α,β-unsaturated/α-hetero) is 1. The fourth-order valence-corrected chi connectivity index (χ4v) is 2.53. The number of aliphatic hydroxyl groups is 1. The SMILES string of the molecule is CC(C)(C)NC[C@@H](O)COc1ccccc1C(=O)CCc1ccccc1. The van der Waals surface area contributed by atoms with Gasteiger partial charge in [0.25, 0.3) is 0 Å². The minimum atomic E-state index is -0.637. The monoisotopic (exact) mass is 355 g/mol. The van der Waals surface area contributed by atoms with E-state index in [2.05, 4.69) is 5.32 Å². The molecule has 0 aliphatic heterocycles. The molecule has 0 unspecified atom stereocenters. The minimum Gasteiger partial charge on any atom is -0.490 e. The number of para-hydroxylation sites is 1. The lowest BCUT2D eigenvalue weighted by Gasteiger charge is -2.23. The molecule has 2 N–H and O–H groups in total. The van der Waals surface area contributed by atoms with Crippen molar-refractivity contribution in [1.29, 1.82) is 0 Å². The fourth-order valence-electron chi connectivity index (χ4n) is 2.53. The molecule has 140 valence electrons. The molecule has 2 rings (SSSR count). The standard InChI is InChI=1S/C22H29NO3/c1-22(2,3)23-15-18(24)16-26-21-12-8-7-11-19(21)20(25)14-13-17-9-5-4-6-10-17/h4-12,18,23-24H,13-16H2,1-3H3/t18-/m1/s1. The molecule has 0 spiro atoms. The van der Waals surface area contributed by atoms with Gasteiger partial charge in [-0.1, -0.05) is 42.5 Å². The van der Waals surface area contributed by atoms with Crippen molar-refractivity contribution in [2.45, 2.75) is 45.3 Å². The second-order valence-corrected chi connectivity index (χ2v) is 7.50. The molecule has 0 saturated carbocycles. The van der Waals surface area contributed by atoms with Gasteiger partial charge in [0, 0.05) is 18.5 Å². The highest BCUT2D eigenvalue weighted by atomic mass is 16.5. The highest BCUT2D eigenvalue weighted by Crippen LogP contribution is 2.21. The number of β-amino-alcohol motifs (C(OH)–C–C–N with tert-alkyl or cyclic N) is 1. The van der Waals surface area contributed by atoms with E-state index in [1.165, 1.54) is 0 Å². The molecule has 4 heteroatoms. The summed E-state index contributed by atoms with van der Waals surface area (Å²) in [4.78, 5) is 12.6. The van der Waals surface area contributed by atoms with Crippen LogP contribution in [0.25, 0.3) is 0 Å². The van der Waals surface area contributed by atoms with Crippen LogP contribution in [0.15, 0.2) is 54.6 Å². The van der Waals surface area contributed by atoms with E-state index < -0.39 is 6.10 Å². The fraction of sp³-hybridized carbons (Fsp3) is 0.409. The van der Waals surface area contributed by atoms with Crippen LogP contribution in [-0.4, -0.2) is 35.7 Å². The smallest absolute Gasteiger partial charge is 0.166 e. The number of ketones is 1. The Bertz CT molecular complexity index is 692. The Morgan fingerprint density at radius 1 is 1.08 bits per heavy atom. The van der Waals surface area contributed by atoms with Crippen LogP contribution in [0.4, 0.5) is 0 Å². The first kappa shape index (κ1) is 20.1. The molecule has 2 aromatic carbocycles. The normalized spacial score (nSPS) is 12.6. The van der Waals surface area contributed by atoms with Crippen molar-refractivity contribution < 1.29 is 14.6 Å². The predicted molar refractivity (Wildman–Crippen MR) is 105 cm³/mol. The van der Waals surface area contributed by atoms with Crippen LogP contribution < -0.4 is 10.1 Å². The topological polar surface area (TPSA) is 58.6 Å². The Labute approximate surface area is 156 Å². The third kappa shape index (κ3) is 6.98. The average Bonchev–Trinajstić information content (AvgIpc) is 2.63. The summed E-state index contributed by atoms with van der Waals surface area (Å²) in [5.74, 6) is 0.576. The van der Waals surface area contributed by atoms with E-state index in [4.69, 9.17) is 4.74 Å². The number of hydrogen-bond donors (Lipinski definition) is 2. The average molecular weight is 355 g/mol. The maximum atomic E-state index is 12.6. The molecule has 0 saturated heterocycles. The van der Waals surface area contributed by atoms with Crippen molar-refractivity contribution in [1.82, 2.24) is 5.32 Å². The Balaban J connectivity index is 1.91. The summed E-state index contributed by atoms with van der Waals surface area (Å²) < 4.78 is 5.73. The predicted octanol–water partition coefficient (Wildman–Crippen LogP) is 3.63. The quantitative estimate of drug-likeness (QED) is 0.675.